The molecule has 0 saturated carbocycles. The molecule has 4 N–H and O–H groups in total. The van der Waals surface area contributed by atoms with Gasteiger partial charge in [-0.25, -0.2) is 9.78 Å². The van der Waals surface area contributed by atoms with E-state index in [0.717, 1.165) is 47.0 Å². The Morgan fingerprint density at radius 2 is 2.15 bits per heavy atom. The lowest BCUT2D eigenvalue weighted by atomic mass is 10.1. The molecule has 5 rings (SSSR count). The maximum Gasteiger partial charge on any atom is 0.417 e. The first-order valence-electron chi connectivity index (χ1n) is 11.2. The van der Waals surface area contributed by atoms with E-state index in [9.17, 15) is 4.79 Å². The molecule has 0 unspecified atom stereocenters. The van der Waals surface area contributed by atoms with Gasteiger partial charge in [0.15, 0.2) is 5.75 Å². The predicted molar refractivity (Wildman–Crippen MR) is 135 cm³/mol. The van der Waals surface area contributed by atoms with Gasteiger partial charge in [0.1, 0.15) is 5.65 Å². The number of hydrogen-bond donors (Lipinski definition) is 3. The number of pyridine rings is 1. The van der Waals surface area contributed by atoms with Crippen molar-refractivity contribution in [2.75, 3.05) is 23.3 Å². The molecule has 34 heavy (non-hydrogen) atoms. The highest BCUT2D eigenvalue weighted by molar-refractivity contribution is 9.10. The first-order chi connectivity index (χ1) is 16.5. The standard InChI is InChI=1S/C24H26BrN7O2/c1-15-4-6-16(7-5-15)12-32-14-18(9-29-32)34-24(33)30-20-11-28-23-21(20)22(19(25)10-27-23)31-8-2-3-17(26)13-31/h4-7,9-11,14,17H,2-3,8,12-13,26H2,1H3,(H,27,28)(H,30,33)/t17-/m1/s1. The monoisotopic (exact) mass is 523 g/mol. The van der Waals surface area contributed by atoms with Gasteiger partial charge in [0.25, 0.3) is 0 Å². The molecule has 0 aliphatic carbocycles. The zero-order chi connectivity index (χ0) is 23.7. The first kappa shape index (κ1) is 22.4. The maximum absolute atomic E-state index is 12.7. The Bertz CT molecular complexity index is 1310. The number of carbonyl (C=O) groups excluding carboxylic acids is 1. The van der Waals surface area contributed by atoms with Gasteiger partial charge in [-0.1, -0.05) is 29.8 Å². The van der Waals surface area contributed by atoms with E-state index in [4.69, 9.17) is 10.5 Å². The van der Waals surface area contributed by atoms with Crippen molar-refractivity contribution >= 4 is 44.4 Å². The second kappa shape index (κ2) is 9.47. The van der Waals surface area contributed by atoms with Gasteiger partial charge in [0, 0.05) is 31.5 Å². The van der Waals surface area contributed by atoms with Gasteiger partial charge >= 0.3 is 6.09 Å². The van der Waals surface area contributed by atoms with Crippen LogP contribution in [0, 0.1) is 6.92 Å². The van der Waals surface area contributed by atoms with Crippen LogP contribution in [-0.4, -0.2) is 45.0 Å². The highest BCUT2D eigenvalue weighted by Crippen LogP contribution is 2.38. The molecule has 4 aromatic rings. The second-order valence-corrected chi connectivity index (χ2v) is 9.46. The van der Waals surface area contributed by atoms with E-state index < -0.39 is 6.09 Å². The minimum Gasteiger partial charge on any atom is -0.407 e. The van der Waals surface area contributed by atoms with Crippen LogP contribution >= 0.6 is 15.9 Å². The van der Waals surface area contributed by atoms with Crippen LogP contribution in [0.25, 0.3) is 11.0 Å². The smallest absolute Gasteiger partial charge is 0.407 e. The largest absolute Gasteiger partial charge is 0.417 e. The van der Waals surface area contributed by atoms with Gasteiger partial charge in [-0.05, 0) is 41.3 Å². The Labute approximate surface area is 205 Å². The number of halogens is 1. The number of aromatic amines is 1. The molecule has 1 amide bonds. The summed E-state index contributed by atoms with van der Waals surface area (Å²) in [6.07, 6.45) is 8.13. The van der Waals surface area contributed by atoms with Crippen molar-refractivity contribution < 1.29 is 9.53 Å². The average molecular weight is 524 g/mol. The Balaban J connectivity index is 1.32. The molecule has 1 aliphatic rings. The minimum atomic E-state index is -0.600. The Kier molecular flexibility index (Phi) is 6.25. The van der Waals surface area contributed by atoms with Crippen LogP contribution in [0.15, 0.2) is 53.5 Å². The lowest BCUT2D eigenvalue weighted by Crippen LogP contribution is -2.43. The molecular weight excluding hydrogens is 498 g/mol. The van der Waals surface area contributed by atoms with E-state index in [1.165, 1.54) is 11.8 Å². The topological polar surface area (TPSA) is 114 Å². The number of H-pyrrole nitrogens is 1. The number of anilines is 2. The van der Waals surface area contributed by atoms with Gasteiger partial charge < -0.3 is 20.4 Å². The number of fused-ring (bicyclic) bond motifs is 1. The Hall–Kier alpha value is -3.37. The van der Waals surface area contributed by atoms with Gasteiger partial charge in [-0.3, -0.25) is 10.00 Å². The van der Waals surface area contributed by atoms with E-state index in [1.54, 1.807) is 23.3 Å². The third kappa shape index (κ3) is 4.78. The van der Waals surface area contributed by atoms with Crippen molar-refractivity contribution in [2.45, 2.75) is 32.4 Å². The summed E-state index contributed by atoms with van der Waals surface area (Å²) in [5.41, 5.74) is 10.8. The molecular formula is C24H26BrN7O2. The zero-order valence-electron chi connectivity index (χ0n) is 18.8. The molecule has 1 atom stereocenters. The van der Waals surface area contributed by atoms with Crippen molar-refractivity contribution in [3.8, 4) is 5.75 Å². The molecule has 3 aromatic heterocycles. The summed E-state index contributed by atoms with van der Waals surface area (Å²) in [5.74, 6) is 0.367. The lowest BCUT2D eigenvalue weighted by molar-refractivity contribution is 0.215. The number of aryl methyl sites for hydroxylation is 1. The Morgan fingerprint density at radius 3 is 2.94 bits per heavy atom. The molecule has 1 fully saturated rings. The number of hydrogen-bond acceptors (Lipinski definition) is 6. The van der Waals surface area contributed by atoms with Crippen LogP contribution in [0.4, 0.5) is 16.2 Å². The maximum atomic E-state index is 12.7. The number of rotatable bonds is 5. The quantitative estimate of drug-likeness (QED) is 0.356. The molecule has 0 spiro atoms. The Morgan fingerprint density at radius 1 is 1.32 bits per heavy atom. The van der Waals surface area contributed by atoms with Crippen molar-refractivity contribution in [3.05, 3.63) is 64.7 Å². The highest BCUT2D eigenvalue weighted by Gasteiger charge is 2.24. The molecule has 1 saturated heterocycles. The van der Waals surface area contributed by atoms with Gasteiger partial charge in [0.2, 0.25) is 0 Å². The first-order valence-corrected chi connectivity index (χ1v) is 12.0. The summed E-state index contributed by atoms with van der Waals surface area (Å²) in [4.78, 5) is 22.5. The summed E-state index contributed by atoms with van der Waals surface area (Å²) >= 11 is 3.63. The normalized spacial score (nSPS) is 16.1. The summed E-state index contributed by atoms with van der Waals surface area (Å²) in [6, 6.07) is 8.34. The number of amides is 1. The zero-order valence-corrected chi connectivity index (χ0v) is 20.4. The van der Waals surface area contributed by atoms with Crippen LogP contribution in [-0.2, 0) is 6.54 Å². The molecule has 1 aromatic carbocycles. The number of aromatic nitrogens is 4. The van der Waals surface area contributed by atoms with Crippen LogP contribution in [0.2, 0.25) is 0 Å². The van der Waals surface area contributed by atoms with Gasteiger partial charge in [-0.15, -0.1) is 0 Å². The number of nitrogens with two attached hydrogens (primary N) is 1. The molecule has 0 bridgehead atoms. The summed E-state index contributed by atoms with van der Waals surface area (Å²) in [5, 5.41) is 7.96. The third-order valence-corrected chi connectivity index (χ3v) is 6.51. The number of carbonyl (C=O) groups is 1. The SMILES string of the molecule is Cc1ccc(Cn2cc(OC(=O)Nc3c[nH]c4ncc(Br)c(N5CCC[C@@H](N)C5)c34)cn2)cc1. The number of nitrogens with one attached hydrogen (secondary N) is 2. The van der Waals surface area contributed by atoms with Crippen molar-refractivity contribution in [2.24, 2.45) is 5.73 Å². The fraction of sp³-hybridized carbons (Fsp3) is 0.292. The number of nitrogens with zero attached hydrogens (tertiary/aromatic N) is 4. The molecule has 1 aliphatic heterocycles. The number of benzene rings is 1. The van der Waals surface area contributed by atoms with E-state index in [1.807, 2.05) is 0 Å². The van der Waals surface area contributed by atoms with Crippen LogP contribution in [0.3, 0.4) is 0 Å². The van der Waals surface area contributed by atoms with Crippen molar-refractivity contribution in [1.82, 2.24) is 19.7 Å². The molecule has 9 nitrogen and oxygen atoms in total. The van der Waals surface area contributed by atoms with E-state index in [0.29, 0.717) is 23.6 Å². The van der Waals surface area contributed by atoms with Crippen LogP contribution in [0.5, 0.6) is 5.75 Å². The average Bonchev–Trinajstić information content (AvgIpc) is 3.42. The lowest BCUT2D eigenvalue weighted by Gasteiger charge is -2.33. The van der Waals surface area contributed by atoms with Crippen molar-refractivity contribution in [1.29, 1.82) is 0 Å². The van der Waals surface area contributed by atoms with Gasteiger partial charge in [0.05, 0.1) is 40.2 Å². The minimum absolute atomic E-state index is 0.112. The number of piperidine rings is 1. The second-order valence-electron chi connectivity index (χ2n) is 8.60. The molecule has 0 radical (unpaired) electrons. The fourth-order valence-electron chi connectivity index (χ4n) is 4.28. The van der Waals surface area contributed by atoms with Crippen LogP contribution in [0.1, 0.15) is 24.0 Å². The van der Waals surface area contributed by atoms with Crippen LogP contribution < -0.4 is 20.7 Å². The molecule has 176 valence electrons. The summed E-state index contributed by atoms with van der Waals surface area (Å²) in [6.45, 7) is 4.28. The van der Waals surface area contributed by atoms with E-state index >= 15 is 0 Å². The summed E-state index contributed by atoms with van der Waals surface area (Å²) < 4.78 is 8.08. The van der Waals surface area contributed by atoms with E-state index in [-0.39, 0.29) is 6.04 Å². The molecule has 4 heterocycles. The van der Waals surface area contributed by atoms with Crippen molar-refractivity contribution in [3.63, 3.8) is 0 Å². The third-order valence-electron chi connectivity index (χ3n) is 5.93. The predicted octanol–water partition coefficient (Wildman–Crippen LogP) is 4.42. The number of ether oxygens (including phenoxy) is 1. The summed E-state index contributed by atoms with van der Waals surface area (Å²) in [7, 11) is 0. The van der Waals surface area contributed by atoms with Gasteiger partial charge in [-0.2, -0.15) is 5.10 Å². The highest BCUT2D eigenvalue weighted by atomic mass is 79.9. The fourth-order valence-corrected chi connectivity index (χ4v) is 4.83. The molecule has 10 heteroatoms. The van der Waals surface area contributed by atoms with E-state index in [2.05, 4.69) is 72.4 Å².